The Balaban J connectivity index is 5.19. The van der Waals surface area contributed by atoms with Crippen LogP contribution < -0.4 is 0 Å². The number of ether oxygens (including phenoxy) is 4. The number of unbranched alkanes of at least 4 members (excludes halogenated alkanes) is 30. The van der Waals surface area contributed by atoms with Crippen molar-refractivity contribution >= 4 is 39.5 Å². The fraction of sp³-hybridized carbons (Fsp3) is 0.942. The molecule has 19 heteroatoms. The molecule has 0 aliphatic heterocycles. The van der Waals surface area contributed by atoms with E-state index >= 15 is 0 Å². The molecule has 4 unspecified atom stereocenters. The standard InChI is InChI=1S/C69H134O17P2/c1-9-61(7)47-39-31-21-17-15-13-11-12-14-16-18-24-35-43-51-68(73)85-64(56-80-67(72)50-42-34-27-25-29-37-45-59(3)4)57-83-87(75,76)81-53-63(70)54-82-88(77,78)84-58-65(86-69(74)52-44-36-28-26-30-38-46-60(5)6)55-79-66(71)49-41-33-23-20-19-22-32-40-48-62(8)10-2/h59-65,70H,9-58H2,1-8H3,(H,75,76)(H,77,78)/t61?,62?,63-,64+,65+/m0/s1. The minimum Gasteiger partial charge on any atom is -0.462 e. The molecule has 0 aromatic heterocycles. The smallest absolute Gasteiger partial charge is 0.462 e. The second-order valence-corrected chi connectivity index (χ2v) is 29.3. The van der Waals surface area contributed by atoms with Gasteiger partial charge >= 0.3 is 39.5 Å². The molecule has 0 bridgehead atoms. The summed E-state index contributed by atoms with van der Waals surface area (Å²) >= 11 is 0. The zero-order valence-corrected chi connectivity index (χ0v) is 59.1. The predicted molar refractivity (Wildman–Crippen MR) is 354 cm³/mol. The van der Waals surface area contributed by atoms with Gasteiger partial charge in [0.1, 0.15) is 19.3 Å². The largest absolute Gasteiger partial charge is 0.472 e. The Kier molecular flexibility index (Phi) is 57.6. The van der Waals surface area contributed by atoms with Gasteiger partial charge in [0, 0.05) is 25.7 Å². The van der Waals surface area contributed by atoms with Gasteiger partial charge in [-0.3, -0.25) is 37.3 Å². The van der Waals surface area contributed by atoms with Crippen LogP contribution in [-0.2, 0) is 65.4 Å². The normalized spacial score (nSPS) is 14.9. The van der Waals surface area contributed by atoms with Crippen molar-refractivity contribution in [2.24, 2.45) is 23.7 Å². The van der Waals surface area contributed by atoms with Crippen molar-refractivity contribution in [1.82, 2.24) is 0 Å². The van der Waals surface area contributed by atoms with Gasteiger partial charge < -0.3 is 33.8 Å². The molecule has 88 heavy (non-hydrogen) atoms. The topological polar surface area (TPSA) is 237 Å². The first-order valence-electron chi connectivity index (χ1n) is 35.8. The van der Waals surface area contributed by atoms with E-state index in [9.17, 15) is 43.2 Å². The van der Waals surface area contributed by atoms with Gasteiger partial charge in [0.05, 0.1) is 26.4 Å². The molecule has 0 aromatic carbocycles. The summed E-state index contributed by atoms with van der Waals surface area (Å²) in [6.45, 7) is 14.0. The average molecular weight is 1300 g/mol. The summed E-state index contributed by atoms with van der Waals surface area (Å²) in [5, 5.41) is 10.6. The first kappa shape index (κ1) is 86.1. The van der Waals surface area contributed by atoms with E-state index in [1.807, 2.05) is 0 Å². The number of carbonyl (C=O) groups excluding carboxylic acids is 4. The van der Waals surface area contributed by atoms with Crippen molar-refractivity contribution in [2.45, 2.75) is 356 Å². The molecule has 522 valence electrons. The van der Waals surface area contributed by atoms with Crippen LogP contribution in [0.15, 0.2) is 0 Å². The van der Waals surface area contributed by atoms with Crippen molar-refractivity contribution in [2.75, 3.05) is 39.6 Å². The van der Waals surface area contributed by atoms with Crippen LogP contribution in [0, 0.1) is 23.7 Å². The minimum atomic E-state index is -4.95. The van der Waals surface area contributed by atoms with Gasteiger partial charge in [-0.1, -0.05) is 287 Å². The van der Waals surface area contributed by atoms with E-state index in [0.717, 1.165) is 108 Å². The molecule has 3 N–H and O–H groups in total. The summed E-state index contributed by atoms with van der Waals surface area (Å²) in [5.74, 6) is 0.835. The molecule has 0 aliphatic rings. The maximum Gasteiger partial charge on any atom is 0.472 e. The van der Waals surface area contributed by atoms with E-state index in [1.165, 1.54) is 135 Å². The third-order valence-corrected chi connectivity index (χ3v) is 18.4. The molecule has 0 heterocycles. The third-order valence-electron chi connectivity index (χ3n) is 16.5. The summed E-state index contributed by atoms with van der Waals surface area (Å²) < 4.78 is 68.1. The number of phosphoric acid groups is 2. The van der Waals surface area contributed by atoms with Crippen molar-refractivity contribution in [3.05, 3.63) is 0 Å². The van der Waals surface area contributed by atoms with Crippen molar-refractivity contribution in [3.8, 4) is 0 Å². The Morgan fingerprint density at radius 1 is 0.318 bits per heavy atom. The van der Waals surface area contributed by atoms with Crippen molar-refractivity contribution < 1.29 is 80.2 Å². The fourth-order valence-electron chi connectivity index (χ4n) is 10.2. The first-order chi connectivity index (χ1) is 42.2. The van der Waals surface area contributed by atoms with Gasteiger partial charge in [0.25, 0.3) is 0 Å². The highest BCUT2D eigenvalue weighted by Crippen LogP contribution is 2.45. The average Bonchev–Trinajstić information content (AvgIpc) is 3.55. The van der Waals surface area contributed by atoms with Gasteiger partial charge in [0.2, 0.25) is 0 Å². The summed E-state index contributed by atoms with van der Waals surface area (Å²) in [4.78, 5) is 72.4. The zero-order valence-electron chi connectivity index (χ0n) is 57.3. The SMILES string of the molecule is CCC(C)CCCCCCCCCCCCCCCCC(=O)O[C@H](COC(=O)CCCCCCCCC(C)C)COP(=O)(O)OC[C@H](O)COP(=O)(O)OC[C@@H](COC(=O)CCCCCCCCCCC(C)CC)OC(=O)CCCCCCCCC(C)C. The van der Waals surface area contributed by atoms with Crippen LogP contribution in [0.5, 0.6) is 0 Å². The molecule has 17 nitrogen and oxygen atoms in total. The summed E-state index contributed by atoms with van der Waals surface area (Å²) in [6, 6.07) is 0. The van der Waals surface area contributed by atoms with Crippen LogP contribution in [0.1, 0.15) is 338 Å². The van der Waals surface area contributed by atoms with E-state index < -0.39 is 97.5 Å². The Morgan fingerprint density at radius 3 is 0.807 bits per heavy atom. The first-order valence-corrected chi connectivity index (χ1v) is 38.8. The molecule has 0 spiro atoms. The number of phosphoric ester groups is 2. The molecule has 7 atom stereocenters. The Morgan fingerprint density at radius 2 is 0.545 bits per heavy atom. The van der Waals surface area contributed by atoms with Crippen molar-refractivity contribution in [3.63, 3.8) is 0 Å². The molecular formula is C69H134O17P2. The van der Waals surface area contributed by atoms with Gasteiger partial charge in [-0.05, 0) is 49.4 Å². The van der Waals surface area contributed by atoms with E-state index in [4.69, 9.17) is 37.0 Å². The van der Waals surface area contributed by atoms with Crippen LogP contribution in [0.3, 0.4) is 0 Å². The predicted octanol–water partition coefficient (Wildman–Crippen LogP) is 19.3. The number of esters is 4. The Bertz CT molecular complexity index is 1750. The molecule has 0 fully saturated rings. The van der Waals surface area contributed by atoms with Crippen molar-refractivity contribution in [1.29, 1.82) is 0 Å². The van der Waals surface area contributed by atoms with E-state index in [1.54, 1.807) is 0 Å². The number of aliphatic hydroxyl groups excluding tert-OH is 1. The van der Waals surface area contributed by atoms with Crippen LogP contribution in [0.25, 0.3) is 0 Å². The Labute approximate surface area is 537 Å². The van der Waals surface area contributed by atoms with Crippen LogP contribution in [-0.4, -0.2) is 96.7 Å². The summed E-state index contributed by atoms with van der Waals surface area (Å²) in [5.41, 5.74) is 0. The van der Waals surface area contributed by atoms with E-state index in [0.29, 0.717) is 37.5 Å². The zero-order chi connectivity index (χ0) is 65.4. The molecule has 0 radical (unpaired) electrons. The maximum absolute atomic E-state index is 13.0. The van der Waals surface area contributed by atoms with Crippen LogP contribution >= 0.6 is 15.6 Å². The molecule has 0 aliphatic carbocycles. The summed E-state index contributed by atoms with van der Waals surface area (Å²) in [6.07, 6.45) is 40.6. The van der Waals surface area contributed by atoms with E-state index in [2.05, 4.69) is 55.4 Å². The number of hydrogen-bond acceptors (Lipinski definition) is 15. The monoisotopic (exact) mass is 1300 g/mol. The lowest BCUT2D eigenvalue weighted by Gasteiger charge is -2.21. The highest BCUT2D eigenvalue weighted by Gasteiger charge is 2.30. The van der Waals surface area contributed by atoms with Gasteiger partial charge in [-0.15, -0.1) is 0 Å². The highest BCUT2D eigenvalue weighted by molar-refractivity contribution is 7.47. The minimum absolute atomic E-state index is 0.101. The quantitative estimate of drug-likeness (QED) is 0.0222. The van der Waals surface area contributed by atoms with Gasteiger partial charge in [0.15, 0.2) is 12.2 Å². The van der Waals surface area contributed by atoms with Crippen LogP contribution in [0.2, 0.25) is 0 Å². The second kappa shape index (κ2) is 58.8. The van der Waals surface area contributed by atoms with Gasteiger partial charge in [-0.25, -0.2) is 9.13 Å². The lowest BCUT2D eigenvalue weighted by atomic mass is 9.99. The number of hydrogen-bond donors (Lipinski definition) is 3. The molecule has 0 saturated heterocycles. The second-order valence-electron chi connectivity index (χ2n) is 26.4. The molecule has 0 saturated carbocycles. The molecular weight excluding hydrogens is 1160 g/mol. The molecule has 0 rings (SSSR count). The highest BCUT2D eigenvalue weighted by atomic mass is 31.2. The van der Waals surface area contributed by atoms with Crippen LogP contribution in [0.4, 0.5) is 0 Å². The maximum atomic E-state index is 13.0. The molecule has 0 amide bonds. The van der Waals surface area contributed by atoms with Gasteiger partial charge in [-0.2, -0.15) is 0 Å². The third kappa shape index (κ3) is 60.3. The number of aliphatic hydroxyl groups is 1. The summed E-state index contributed by atoms with van der Waals surface area (Å²) in [7, 11) is -9.90. The lowest BCUT2D eigenvalue weighted by molar-refractivity contribution is -0.161. The lowest BCUT2D eigenvalue weighted by Crippen LogP contribution is -2.30. The number of rotatable bonds is 66. The fourth-order valence-corrected chi connectivity index (χ4v) is 11.8. The number of carbonyl (C=O) groups is 4. The Hall–Kier alpha value is -1.94. The molecule has 0 aromatic rings. The van der Waals surface area contributed by atoms with E-state index in [-0.39, 0.29) is 25.7 Å².